The third kappa shape index (κ3) is 8.39. The fourth-order valence-corrected chi connectivity index (χ4v) is 2.08. The SMILES string of the molecule is OC(COCC(COCC1CO1)OCC1CC1)COCC1CO1. The van der Waals surface area contributed by atoms with Crippen LogP contribution in [0, 0.1) is 5.92 Å². The smallest absolute Gasteiger partial charge is 0.104 e. The van der Waals surface area contributed by atoms with E-state index in [0.717, 1.165) is 19.8 Å². The second kappa shape index (κ2) is 9.27. The fourth-order valence-electron chi connectivity index (χ4n) is 2.08. The molecular weight excluding hydrogens is 304 g/mol. The van der Waals surface area contributed by atoms with Gasteiger partial charge in [0.1, 0.15) is 24.4 Å². The molecule has 23 heavy (non-hydrogen) atoms. The van der Waals surface area contributed by atoms with Crippen LogP contribution in [0.4, 0.5) is 0 Å². The molecule has 0 spiro atoms. The second-order valence-electron chi connectivity index (χ2n) is 6.58. The zero-order valence-corrected chi connectivity index (χ0v) is 13.6. The average Bonchev–Trinajstić information content (AvgIpc) is 3.36. The van der Waals surface area contributed by atoms with E-state index in [0.29, 0.717) is 32.3 Å². The second-order valence-corrected chi connectivity index (χ2v) is 6.58. The van der Waals surface area contributed by atoms with Crippen LogP contribution in [0.1, 0.15) is 12.8 Å². The van der Waals surface area contributed by atoms with Gasteiger partial charge < -0.3 is 33.5 Å². The molecule has 1 saturated carbocycles. The maximum Gasteiger partial charge on any atom is 0.104 e. The molecule has 0 aromatic rings. The Kier molecular flexibility index (Phi) is 7.07. The molecule has 0 amide bonds. The van der Waals surface area contributed by atoms with Gasteiger partial charge in [-0.25, -0.2) is 0 Å². The van der Waals surface area contributed by atoms with Crippen molar-refractivity contribution >= 4 is 0 Å². The van der Waals surface area contributed by atoms with E-state index in [2.05, 4.69) is 0 Å². The Bertz CT molecular complexity index is 328. The zero-order valence-electron chi connectivity index (χ0n) is 13.6. The Morgan fingerprint density at radius 1 is 0.826 bits per heavy atom. The minimum absolute atomic E-state index is 0.0951. The van der Waals surface area contributed by atoms with Crippen LogP contribution in [-0.2, 0) is 28.4 Å². The van der Waals surface area contributed by atoms with Gasteiger partial charge in [0.15, 0.2) is 0 Å². The summed E-state index contributed by atoms with van der Waals surface area (Å²) in [6.45, 7) is 4.90. The van der Waals surface area contributed by atoms with Crippen molar-refractivity contribution in [2.24, 2.45) is 5.92 Å². The summed E-state index contributed by atoms with van der Waals surface area (Å²) in [7, 11) is 0. The van der Waals surface area contributed by atoms with Gasteiger partial charge >= 0.3 is 0 Å². The lowest BCUT2D eigenvalue weighted by Crippen LogP contribution is -2.30. The highest BCUT2D eigenvalue weighted by Gasteiger charge is 2.26. The van der Waals surface area contributed by atoms with Gasteiger partial charge in [0.05, 0.1) is 52.9 Å². The van der Waals surface area contributed by atoms with E-state index in [9.17, 15) is 5.11 Å². The van der Waals surface area contributed by atoms with Gasteiger partial charge in [-0.05, 0) is 18.8 Å². The van der Waals surface area contributed by atoms with Crippen LogP contribution in [0.2, 0.25) is 0 Å². The first-order chi connectivity index (χ1) is 11.3. The molecule has 0 aromatic carbocycles. The van der Waals surface area contributed by atoms with Crippen LogP contribution in [0.15, 0.2) is 0 Å². The Labute approximate surface area is 137 Å². The molecule has 1 aliphatic carbocycles. The number of hydrogen-bond donors (Lipinski definition) is 1. The van der Waals surface area contributed by atoms with Crippen molar-refractivity contribution in [3.63, 3.8) is 0 Å². The van der Waals surface area contributed by atoms with E-state index >= 15 is 0 Å². The van der Waals surface area contributed by atoms with Gasteiger partial charge in [-0.3, -0.25) is 0 Å². The van der Waals surface area contributed by atoms with E-state index in [-0.39, 0.29) is 31.5 Å². The Morgan fingerprint density at radius 3 is 2.00 bits per heavy atom. The van der Waals surface area contributed by atoms with E-state index in [4.69, 9.17) is 28.4 Å². The summed E-state index contributed by atoms with van der Waals surface area (Å²) < 4.78 is 32.5. The van der Waals surface area contributed by atoms with Crippen LogP contribution in [0.5, 0.6) is 0 Å². The predicted molar refractivity (Wildman–Crippen MR) is 80.4 cm³/mol. The van der Waals surface area contributed by atoms with Crippen molar-refractivity contribution in [3.8, 4) is 0 Å². The molecule has 3 fully saturated rings. The van der Waals surface area contributed by atoms with E-state index < -0.39 is 6.10 Å². The first-order valence-electron chi connectivity index (χ1n) is 8.55. The topological polar surface area (TPSA) is 82.2 Å². The molecule has 134 valence electrons. The number of epoxide rings is 2. The molecule has 7 nitrogen and oxygen atoms in total. The zero-order chi connectivity index (χ0) is 15.9. The van der Waals surface area contributed by atoms with Gasteiger partial charge in [0.25, 0.3) is 0 Å². The number of aliphatic hydroxyl groups excluding tert-OH is 1. The monoisotopic (exact) mass is 332 g/mol. The largest absolute Gasteiger partial charge is 0.388 e. The first-order valence-corrected chi connectivity index (χ1v) is 8.55. The molecule has 7 heteroatoms. The molecule has 4 unspecified atom stereocenters. The predicted octanol–water partition coefficient (Wildman–Crippen LogP) is -0.0101. The van der Waals surface area contributed by atoms with Crippen molar-refractivity contribution in [2.75, 3.05) is 59.5 Å². The molecule has 4 atom stereocenters. The van der Waals surface area contributed by atoms with Gasteiger partial charge in [0, 0.05) is 6.61 Å². The highest BCUT2D eigenvalue weighted by molar-refractivity contribution is 4.73. The molecule has 0 bridgehead atoms. The van der Waals surface area contributed by atoms with Crippen molar-refractivity contribution in [3.05, 3.63) is 0 Å². The average molecular weight is 332 g/mol. The van der Waals surface area contributed by atoms with E-state index in [1.54, 1.807) is 0 Å². The molecular formula is C16H28O7. The lowest BCUT2D eigenvalue weighted by Gasteiger charge is -2.19. The van der Waals surface area contributed by atoms with Crippen molar-refractivity contribution in [1.29, 1.82) is 0 Å². The highest BCUT2D eigenvalue weighted by atomic mass is 16.6. The lowest BCUT2D eigenvalue weighted by molar-refractivity contribution is -0.0835. The lowest BCUT2D eigenvalue weighted by atomic mass is 10.3. The molecule has 0 radical (unpaired) electrons. The Balaban J connectivity index is 1.22. The molecule has 2 heterocycles. The van der Waals surface area contributed by atoms with Gasteiger partial charge in [-0.1, -0.05) is 0 Å². The van der Waals surface area contributed by atoms with Gasteiger partial charge in [-0.2, -0.15) is 0 Å². The van der Waals surface area contributed by atoms with Crippen LogP contribution in [0.25, 0.3) is 0 Å². The summed E-state index contributed by atoms with van der Waals surface area (Å²) >= 11 is 0. The first kappa shape index (κ1) is 17.5. The summed E-state index contributed by atoms with van der Waals surface area (Å²) in [4.78, 5) is 0. The maximum absolute atomic E-state index is 9.80. The molecule has 0 aromatic heterocycles. The number of hydrogen-bond acceptors (Lipinski definition) is 7. The molecule has 2 saturated heterocycles. The maximum atomic E-state index is 9.80. The van der Waals surface area contributed by atoms with Crippen LogP contribution in [-0.4, -0.2) is 89.0 Å². The Hall–Kier alpha value is -0.280. The molecule has 2 aliphatic heterocycles. The van der Waals surface area contributed by atoms with Gasteiger partial charge in [-0.15, -0.1) is 0 Å². The van der Waals surface area contributed by atoms with Crippen molar-refractivity contribution < 1.29 is 33.5 Å². The third-order valence-corrected chi connectivity index (χ3v) is 3.90. The highest BCUT2D eigenvalue weighted by Crippen LogP contribution is 2.29. The Morgan fingerprint density at radius 2 is 1.39 bits per heavy atom. The van der Waals surface area contributed by atoms with Crippen LogP contribution < -0.4 is 0 Å². The fraction of sp³-hybridized carbons (Fsp3) is 1.00. The number of rotatable bonds is 15. The summed E-state index contributed by atoms with van der Waals surface area (Å²) in [5.74, 6) is 0.702. The molecule has 3 rings (SSSR count). The number of aliphatic hydroxyl groups is 1. The molecule has 3 aliphatic rings. The minimum Gasteiger partial charge on any atom is -0.388 e. The standard InChI is InChI=1S/C16H28O7/c17-13(5-19-8-15-10-22-15)4-18-6-14(21-3-12-1-2-12)7-20-9-16-11-23-16/h12-17H,1-11H2. The van der Waals surface area contributed by atoms with Crippen molar-refractivity contribution in [2.45, 2.75) is 37.3 Å². The van der Waals surface area contributed by atoms with Crippen LogP contribution >= 0.6 is 0 Å². The summed E-state index contributed by atoms with van der Waals surface area (Å²) in [6.07, 6.45) is 2.27. The molecule has 1 N–H and O–H groups in total. The third-order valence-electron chi connectivity index (χ3n) is 3.90. The number of ether oxygens (including phenoxy) is 6. The van der Waals surface area contributed by atoms with Gasteiger partial charge in [0.2, 0.25) is 0 Å². The van der Waals surface area contributed by atoms with E-state index in [1.165, 1.54) is 12.8 Å². The van der Waals surface area contributed by atoms with Crippen molar-refractivity contribution in [1.82, 2.24) is 0 Å². The minimum atomic E-state index is -0.626. The summed E-state index contributed by atoms with van der Waals surface area (Å²) in [5, 5.41) is 9.80. The normalized spacial score (nSPS) is 28.6. The van der Waals surface area contributed by atoms with E-state index in [1.807, 2.05) is 0 Å². The van der Waals surface area contributed by atoms with Crippen LogP contribution in [0.3, 0.4) is 0 Å². The quantitative estimate of drug-likeness (QED) is 0.422. The summed E-state index contributed by atoms with van der Waals surface area (Å²) in [6, 6.07) is 0. The summed E-state index contributed by atoms with van der Waals surface area (Å²) in [5.41, 5.74) is 0.